The molecule has 158 valence electrons. The highest BCUT2D eigenvalue weighted by Gasteiger charge is 2.32. The van der Waals surface area contributed by atoms with Crippen molar-refractivity contribution >= 4 is 44.8 Å². The number of aromatic hydroxyl groups is 1. The van der Waals surface area contributed by atoms with E-state index >= 15 is 0 Å². The Labute approximate surface area is 177 Å². The topological polar surface area (TPSA) is 123 Å². The molecule has 0 aromatic heterocycles. The number of hydrogen-bond donors (Lipinski definition) is 3. The van der Waals surface area contributed by atoms with E-state index in [1.165, 1.54) is 34.4 Å². The van der Waals surface area contributed by atoms with Gasteiger partial charge in [0.2, 0.25) is 5.75 Å². The number of carbonyl (C=O) groups excluding carboxylic acids is 1. The Morgan fingerprint density at radius 3 is 2.00 bits per heavy atom. The molecule has 2 aromatic rings. The molecule has 0 fully saturated rings. The summed E-state index contributed by atoms with van der Waals surface area (Å²) in [5.41, 5.74) is -0.289. The van der Waals surface area contributed by atoms with E-state index in [0.717, 1.165) is 12.1 Å². The van der Waals surface area contributed by atoms with Gasteiger partial charge in [0.25, 0.3) is 15.9 Å². The van der Waals surface area contributed by atoms with E-state index in [4.69, 9.17) is 37.4 Å². The first-order valence-corrected chi connectivity index (χ1v) is 10.1. The molecule has 0 aliphatic carbocycles. The number of hydrogen-bond acceptors (Lipinski definition) is 7. The summed E-state index contributed by atoms with van der Waals surface area (Å²) in [5, 5.41) is 11.7. The minimum atomic E-state index is -4.42. The third kappa shape index (κ3) is 4.39. The number of methoxy groups -OCH3 is 3. The molecule has 0 spiro atoms. The SMILES string of the molecule is CNC(=O)c1cc(OC)c(OC)c(OC)c1S(=O)(=O)Nc1cc(Cl)c(O)c(Cl)c1. The molecule has 0 atom stereocenters. The molecule has 3 N–H and O–H groups in total. The summed E-state index contributed by atoms with van der Waals surface area (Å²) in [6.45, 7) is 0. The van der Waals surface area contributed by atoms with Crippen LogP contribution in [0.15, 0.2) is 23.1 Å². The molecule has 12 heteroatoms. The lowest BCUT2D eigenvalue weighted by molar-refractivity contribution is 0.0958. The van der Waals surface area contributed by atoms with Crippen molar-refractivity contribution in [1.82, 2.24) is 5.32 Å². The second-order valence-electron chi connectivity index (χ2n) is 5.50. The molecule has 0 heterocycles. The number of amides is 1. The predicted octanol–water partition coefficient (Wildman–Crippen LogP) is 2.89. The Hall–Kier alpha value is -2.56. The monoisotopic (exact) mass is 464 g/mol. The zero-order valence-corrected chi connectivity index (χ0v) is 18.1. The second-order valence-corrected chi connectivity index (χ2v) is 7.93. The zero-order chi connectivity index (χ0) is 21.9. The van der Waals surface area contributed by atoms with E-state index in [0.29, 0.717) is 0 Å². The predicted molar refractivity (Wildman–Crippen MR) is 108 cm³/mol. The molecule has 0 saturated carbocycles. The first kappa shape index (κ1) is 22.7. The van der Waals surface area contributed by atoms with Gasteiger partial charge in [-0.25, -0.2) is 8.42 Å². The van der Waals surface area contributed by atoms with Crippen molar-refractivity contribution in [2.45, 2.75) is 4.90 Å². The summed E-state index contributed by atoms with van der Waals surface area (Å²) in [6, 6.07) is 3.53. The average molecular weight is 465 g/mol. The van der Waals surface area contributed by atoms with Gasteiger partial charge in [-0.05, 0) is 18.2 Å². The second kappa shape index (κ2) is 8.85. The number of halogens is 2. The van der Waals surface area contributed by atoms with Gasteiger partial charge in [0.1, 0.15) is 4.90 Å². The summed E-state index contributed by atoms with van der Waals surface area (Å²) < 4.78 is 44.3. The van der Waals surface area contributed by atoms with E-state index < -0.39 is 26.6 Å². The fourth-order valence-corrected chi connectivity index (χ4v) is 4.41. The fourth-order valence-electron chi connectivity index (χ4n) is 2.53. The van der Waals surface area contributed by atoms with Gasteiger partial charge in [-0.1, -0.05) is 23.2 Å². The maximum Gasteiger partial charge on any atom is 0.266 e. The molecule has 0 saturated heterocycles. The normalized spacial score (nSPS) is 11.0. The summed E-state index contributed by atoms with van der Waals surface area (Å²) in [4.78, 5) is 11.9. The van der Waals surface area contributed by atoms with Crippen molar-refractivity contribution in [3.8, 4) is 23.0 Å². The van der Waals surface area contributed by atoms with Gasteiger partial charge in [0, 0.05) is 7.05 Å². The van der Waals surface area contributed by atoms with Crippen LogP contribution in [0.3, 0.4) is 0 Å². The molecule has 0 bridgehead atoms. The highest BCUT2D eigenvalue weighted by molar-refractivity contribution is 7.93. The van der Waals surface area contributed by atoms with Crippen LogP contribution >= 0.6 is 23.2 Å². The Kier molecular flexibility index (Phi) is 6.93. The van der Waals surface area contributed by atoms with Crippen molar-refractivity contribution in [3.05, 3.63) is 33.8 Å². The number of phenols is 1. The van der Waals surface area contributed by atoms with Gasteiger partial charge in [-0.15, -0.1) is 0 Å². The molecule has 0 aliphatic heterocycles. The number of phenolic OH excluding ortho intramolecular Hbond substituents is 1. The van der Waals surface area contributed by atoms with Gasteiger partial charge in [-0.2, -0.15) is 0 Å². The van der Waals surface area contributed by atoms with E-state index in [1.807, 2.05) is 0 Å². The lowest BCUT2D eigenvalue weighted by atomic mass is 10.1. The Morgan fingerprint density at radius 1 is 1.00 bits per heavy atom. The number of nitrogens with one attached hydrogen (secondary N) is 2. The summed E-state index contributed by atoms with van der Waals surface area (Å²) in [5.74, 6) is -1.27. The van der Waals surface area contributed by atoms with E-state index in [-0.39, 0.29) is 38.5 Å². The van der Waals surface area contributed by atoms with Crippen LogP contribution in [0.25, 0.3) is 0 Å². The van der Waals surface area contributed by atoms with Crippen molar-refractivity contribution in [2.75, 3.05) is 33.1 Å². The number of rotatable bonds is 7. The molecular weight excluding hydrogens is 447 g/mol. The van der Waals surface area contributed by atoms with Gasteiger partial charge >= 0.3 is 0 Å². The third-order valence-corrected chi connectivity index (χ3v) is 5.82. The molecule has 2 rings (SSSR count). The highest BCUT2D eigenvalue weighted by Crippen LogP contribution is 2.45. The zero-order valence-electron chi connectivity index (χ0n) is 15.8. The van der Waals surface area contributed by atoms with E-state index in [9.17, 15) is 18.3 Å². The van der Waals surface area contributed by atoms with Crippen molar-refractivity contribution in [1.29, 1.82) is 0 Å². The summed E-state index contributed by atoms with van der Waals surface area (Å²) in [7, 11) is 0.773. The summed E-state index contributed by atoms with van der Waals surface area (Å²) >= 11 is 11.7. The van der Waals surface area contributed by atoms with Crippen LogP contribution in [-0.4, -0.2) is 47.8 Å². The Bertz CT molecular complexity index is 1040. The van der Waals surface area contributed by atoms with Gasteiger partial charge in [0.05, 0.1) is 42.6 Å². The van der Waals surface area contributed by atoms with E-state index in [2.05, 4.69) is 10.0 Å². The number of benzene rings is 2. The Morgan fingerprint density at radius 2 is 1.55 bits per heavy atom. The van der Waals surface area contributed by atoms with Crippen molar-refractivity contribution in [3.63, 3.8) is 0 Å². The first-order valence-electron chi connectivity index (χ1n) is 7.87. The van der Waals surface area contributed by atoms with Crippen LogP contribution in [0, 0.1) is 0 Å². The lowest BCUT2D eigenvalue weighted by Gasteiger charge is -2.19. The van der Waals surface area contributed by atoms with Gasteiger partial charge in [0.15, 0.2) is 17.2 Å². The quantitative estimate of drug-likeness (QED) is 0.538. The molecule has 9 nitrogen and oxygen atoms in total. The maximum absolute atomic E-state index is 13.2. The molecule has 1 amide bonds. The molecule has 0 unspecified atom stereocenters. The van der Waals surface area contributed by atoms with Crippen LogP contribution in [0.2, 0.25) is 10.0 Å². The average Bonchev–Trinajstić information content (AvgIpc) is 2.68. The molecule has 2 aromatic carbocycles. The van der Waals surface area contributed by atoms with Gasteiger partial charge < -0.3 is 24.6 Å². The Balaban J connectivity index is 2.77. The highest BCUT2D eigenvalue weighted by atomic mass is 35.5. The molecule has 0 radical (unpaired) electrons. The molecular formula is C17H18Cl2N2O7S. The third-order valence-electron chi connectivity index (χ3n) is 3.79. The van der Waals surface area contributed by atoms with Crippen LogP contribution in [0.1, 0.15) is 10.4 Å². The van der Waals surface area contributed by atoms with Crippen LogP contribution in [0.5, 0.6) is 23.0 Å². The number of ether oxygens (including phenoxy) is 3. The number of anilines is 1. The van der Waals surface area contributed by atoms with Crippen LogP contribution in [-0.2, 0) is 10.0 Å². The largest absolute Gasteiger partial charge is 0.505 e. The maximum atomic E-state index is 13.2. The van der Waals surface area contributed by atoms with Crippen molar-refractivity contribution < 1.29 is 32.5 Å². The van der Waals surface area contributed by atoms with Gasteiger partial charge in [-0.3, -0.25) is 9.52 Å². The smallest absolute Gasteiger partial charge is 0.266 e. The first-order chi connectivity index (χ1) is 13.6. The summed E-state index contributed by atoms with van der Waals surface area (Å²) in [6.07, 6.45) is 0. The van der Waals surface area contributed by atoms with Crippen LogP contribution < -0.4 is 24.2 Å². The molecule has 29 heavy (non-hydrogen) atoms. The van der Waals surface area contributed by atoms with Crippen molar-refractivity contribution in [2.24, 2.45) is 0 Å². The lowest BCUT2D eigenvalue weighted by Crippen LogP contribution is -2.24. The minimum absolute atomic E-state index is 0.0233. The minimum Gasteiger partial charge on any atom is -0.505 e. The number of sulfonamides is 1. The van der Waals surface area contributed by atoms with E-state index in [1.54, 1.807) is 0 Å². The standard InChI is InChI=1S/C17H18Cl2N2O7S/c1-20-17(23)9-7-12(26-2)14(27-3)15(28-4)16(9)29(24,25)21-8-5-10(18)13(22)11(19)6-8/h5-7,21-22H,1-4H3,(H,20,23). The molecule has 0 aliphatic rings. The fraction of sp³-hybridized carbons (Fsp3) is 0.235. The number of carbonyl (C=O) groups is 1. The van der Waals surface area contributed by atoms with Crippen LogP contribution in [0.4, 0.5) is 5.69 Å².